The summed E-state index contributed by atoms with van der Waals surface area (Å²) < 4.78 is 15.3. The summed E-state index contributed by atoms with van der Waals surface area (Å²) in [5.74, 6) is 0.848. The van der Waals surface area contributed by atoms with Crippen LogP contribution in [0.1, 0.15) is 12.7 Å². The lowest BCUT2D eigenvalue weighted by atomic mass is 10.1. The van der Waals surface area contributed by atoms with Gasteiger partial charge >= 0.3 is 0 Å². The first-order valence-electron chi connectivity index (χ1n) is 5.74. The third-order valence-corrected chi connectivity index (χ3v) is 3.24. The Labute approximate surface area is 98.7 Å². The molecule has 0 atom stereocenters. The van der Waals surface area contributed by atoms with Crippen molar-refractivity contribution in [3.63, 3.8) is 0 Å². The Balaban J connectivity index is 2.47. The van der Waals surface area contributed by atoms with Crippen LogP contribution in [0.4, 0.5) is 4.39 Å². The monoisotopic (exact) mass is 228 g/mol. The third kappa shape index (κ3) is 1.42. The SMILES string of the molecule is CCc1nc2c3ccc(F)cc3ccc2n1C. The number of hydrogen-bond donors (Lipinski definition) is 0. The molecule has 0 amide bonds. The maximum atomic E-state index is 13.2. The standard InChI is InChI=1S/C14H13FN2/c1-3-13-16-14-11-6-5-10(15)8-9(11)4-7-12(14)17(13)2/h4-8H,3H2,1-2H3. The minimum Gasteiger partial charge on any atom is -0.331 e. The third-order valence-electron chi connectivity index (χ3n) is 3.24. The molecule has 0 aliphatic carbocycles. The van der Waals surface area contributed by atoms with Gasteiger partial charge in [-0.2, -0.15) is 0 Å². The minimum atomic E-state index is -0.205. The van der Waals surface area contributed by atoms with Crippen molar-refractivity contribution in [2.75, 3.05) is 0 Å². The van der Waals surface area contributed by atoms with Gasteiger partial charge in [0.05, 0.1) is 11.0 Å². The van der Waals surface area contributed by atoms with Crippen molar-refractivity contribution in [3.05, 3.63) is 42.0 Å². The molecule has 0 unspecified atom stereocenters. The fourth-order valence-corrected chi connectivity index (χ4v) is 2.32. The molecule has 0 N–H and O–H groups in total. The highest BCUT2D eigenvalue weighted by Gasteiger charge is 2.09. The first kappa shape index (κ1) is 10.3. The first-order chi connectivity index (χ1) is 8.20. The maximum Gasteiger partial charge on any atom is 0.123 e. The molecule has 2 aromatic carbocycles. The van der Waals surface area contributed by atoms with E-state index < -0.39 is 0 Å². The van der Waals surface area contributed by atoms with Crippen molar-refractivity contribution >= 4 is 21.8 Å². The molecule has 1 heterocycles. The Kier molecular flexibility index (Phi) is 2.15. The van der Waals surface area contributed by atoms with E-state index >= 15 is 0 Å². The van der Waals surface area contributed by atoms with Crippen molar-refractivity contribution < 1.29 is 4.39 Å². The zero-order valence-corrected chi connectivity index (χ0v) is 9.87. The quantitative estimate of drug-likeness (QED) is 0.624. The van der Waals surface area contributed by atoms with Crippen molar-refractivity contribution in [3.8, 4) is 0 Å². The van der Waals surface area contributed by atoms with Gasteiger partial charge in [0.2, 0.25) is 0 Å². The Bertz CT molecular complexity index is 713. The van der Waals surface area contributed by atoms with E-state index in [2.05, 4.69) is 16.5 Å². The largest absolute Gasteiger partial charge is 0.331 e. The summed E-state index contributed by atoms with van der Waals surface area (Å²) in [6.45, 7) is 2.09. The lowest BCUT2D eigenvalue weighted by Crippen LogP contribution is -1.94. The zero-order chi connectivity index (χ0) is 12.0. The van der Waals surface area contributed by atoms with Gasteiger partial charge in [0, 0.05) is 18.9 Å². The second kappa shape index (κ2) is 3.55. The van der Waals surface area contributed by atoms with Crippen molar-refractivity contribution in [1.29, 1.82) is 0 Å². The number of imidazole rings is 1. The molecule has 86 valence electrons. The lowest BCUT2D eigenvalue weighted by molar-refractivity contribution is 0.630. The van der Waals surface area contributed by atoms with Gasteiger partial charge in [0.1, 0.15) is 11.6 Å². The number of hydrogen-bond acceptors (Lipinski definition) is 1. The number of aryl methyl sites for hydroxylation is 2. The molecule has 0 saturated heterocycles. The normalized spacial score (nSPS) is 11.5. The molecular formula is C14H13FN2. The number of rotatable bonds is 1. The van der Waals surface area contributed by atoms with Crippen molar-refractivity contribution in [1.82, 2.24) is 9.55 Å². The predicted molar refractivity (Wildman–Crippen MR) is 67.6 cm³/mol. The van der Waals surface area contributed by atoms with E-state index in [-0.39, 0.29) is 5.82 Å². The van der Waals surface area contributed by atoms with Gasteiger partial charge in [0.25, 0.3) is 0 Å². The molecule has 0 aliphatic heterocycles. The van der Waals surface area contributed by atoms with E-state index in [1.165, 1.54) is 6.07 Å². The van der Waals surface area contributed by atoms with Crippen LogP contribution in [-0.4, -0.2) is 9.55 Å². The number of nitrogens with zero attached hydrogens (tertiary/aromatic N) is 2. The molecule has 0 saturated carbocycles. The molecule has 0 aliphatic rings. The Morgan fingerprint density at radius 2 is 2.06 bits per heavy atom. The van der Waals surface area contributed by atoms with Gasteiger partial charge in [-0.25, -0.2) is 9.37 Å². The maximum absolute atomic E-state index is 13.2. The second-order valence-corrected chi connectivity index (χ2v) is 4.24. The van der Waals surface area contributed by atoms with E-state index in [0.29, 0.717) is 0 Å². The van der Waals surface area contributed by atoms with Crippen molar-refractivity contribution in [2.45, 2.75) is 13.3 Å². The number of halogens is 1. The Hall–Kier alpha value is -1.90. The molecular weight excluding hydrogens is 215 g/mol. The number of aromatic nitrogens is 2. The predicted octanol–water partition coefficient (Wildman–Crippen LogP) is 3.43. The molecule has 0 spiro atoms. The molecule has 0 bridgehead atoms. The topological polar surface area (TPSA) is 17.8 Å². The summed E-state index contributed by atoms with van der Waals surface area (Å²) in [7, 11) is 2.02. The first-order valence-corrected chi connectivity index (χ1v) is 5.74. The molecule has 0 radical (unpaired) electrons. The van der Waals surface area contributed by atoms with E-state index in [4.69, 9.17) is 0 Å². The smallest absolute Gasteiger partial charge is 0.123 e. The summed E-state index contributed by atoms with van der Waals surface area (Å²) in [6.07, 6.45) is 0.897. The van der Waals surface area contributed by atoms with Crippen LogP contribution in [0, 0.1) is 5.82 Å². The van der Waals surface area contributed by atoms with Gasteiger partial charge < -0.3 is 4.57 Å². The van der Waals surface area contributed by atoms with Crippen molar-refractivity contribution in [2.24, 2.45) is 7.05 Å². The van der Waals surface area contributed by atoms with Gasteiger partial charge in [0.15, 0.2) is 0 Å². The van der Waals surface area contributed by atoms with Gasteiger partial charge in [-0.05, 0) is 29.7 Å². The molecule has 3 rings (SSSR count). The summed E-state index contributed by atoms with van der Waals surface area (Å²) in [5, 5.41) is 1.91. The van der Waals surface area contributed by atoms with Crippen LogP contribution in [0.5, 0.6) is 0 Å². The zero-order valence-electron chi connectivity index (χ0n) is 9.87. The van der Waals surface area contributed by atoms with Crippen LogP contribution < -0.4 is 0 Å². The molecule has 17 heavy (non-hydrogen) atoms. The average Bonchev–Trinajstić information content (AvgIpc) is 2.66. The van der Waals surface area contributed by atoms with E-state index in [0.717, 1.165) is 34.1 Å². The minimum absolute atomic E-state index is 0.205. The Morgan fingerprint density at radius 3 is 2.82 bits per heavy atom. The summed E-state index contributed by atoms with van der Waals surface area (Å²) in [5.41, 5.74) is 2.06. The van der Waals surface area contributed by atoms with Gasteiger partial charge in [-0.3, -0.25) is 0 Å². The highest BCUT2D eigenvalue weighted by atomic mass is 19.1. The van der Waals surface area contributed by atoms with Crippen LogP contribution in [0.15, 0.2) is 30.3 Å². The fourth-order valence-electron chi connectivity index (χ4n) is 2.32. The number of benzene rings is 2. The van der Waals surface area contributed by atoms with E-state index in [9.17, 15) is 4.39 Å². The van der Waals surface area contributed by atoms with Gasteiger partial charge in [-0.1, -0.05) is 13.0 Å². The highest BCUT2D eigenvalue weighted by Crippen LogP contribution is 2.25. The molecule has 2 nitrogen and oxygen atoms in total. The average molecular weight is 228 g/mol. The van der Waals surface area contributed by atoms with Crippen LogP contribution in [0.2, 0.25) is 0 Å². The van der Waals surface area contributed by atoms with E-state index in [1.54, 1.807) is 12.1 Å². The number of fused-ring (bicyclic) bond motifs is 3. The summed E-state index contributed by atoms with van der Waals surface area (Å²) in [4.78, 5) is 4.63. The summed E-state index contributed by atoms with van der Waals surface area (Å²) >= 11 is 0. The molecule has 3 aromatic rings. The molecule has 0 fully saturated rings. The van der Waals surface area contributed by atoms with Crippen LogP contribution in [0.3, 0.4) is 0 Å². The van der Waals surface area contributed by atoms with Crippen LogP contribution >= 0.6 is 0 Å². The molecule has 3 heteroatoms. The second-order valence-electron chi connectivity index (χ2n) is 4.24. The fraction of sp³-hybridized carbons (Fsp3) is 0.214. The molecule has 1 aromatic heterocycles. The van der Waals surface area contributed by atoms with Crippen LogP contribution in [0.25, 0.3) is 21.8 Å². The highest BCUT2D eigenvalue weighted by molar-refractivity contribution is 6.04. The van der Waals surface area contributed by atoms with Crippen LogP contribution in [-0.2, 0) is 13.5 Å². The lowest BCUT2D eigenvalue weighted by Gasteiger charge is -2.00. The van der Waals surface area contributed by atoms with Gasteiger partial charge in [-0.15, -0.1) is 0 Å². The van der Waals surface area contributed by atoms with E-state index in [1.807, 2.05) is 19.2 Å². The summed E-state index contributed by atoms with van der Waals surface area (Å²) in [6, 6.07) is 8.79. The Morgan fingerprint density at radius 1 is 1.24 bits per heavy atom.